The van der Waals surface area contributed by atoms with E-state index in [0.717, 1.165) is 6.92 Å². The third kappa shape index (κ3) is 4.16. The van der Waals surface area contributed by atoms with Gasteiger partial charge in [0.1, 0.15) is 9.79 Å². The second kappa shape index (κ2) is 6.57. The maximum atomic E-state index is 11.3. The minimum Gasteiger partial charge on any atom is -1.00 e. The maximum absolute atomic E-state index is 11.3. The van der Waals surface area contributed by atoms with Gasteiger partial charge >= 0.3 is 15.8 Å². The van der Waals surface area contributed by atoms with Gasteiger partial charge in [0, 0.05) is 0 Å². The Hall–Kier alpha value is -0.860. The lowest BCUT2D eigenvalue weighted by Gasteiger charge is -2.10. The smallest absolute Gasteiger partial charge is 0.411 e. The Morgan fingerprint density at radius 3 is 1.48 bits per heavy atom. The number of benzene rings is 1. The van der Waals surface area contributed by atoms with Crippen molar-refractivity contribution >= 4 is 52.0 Å². The van der Waals surface area contributed by atoms with Crippen LogP contribution in [0.1, 0.15) is 5.56 Å². The molecule has 1 aromatic carbocycles. The van der Waals surface area contributed by atoms with Gasteiger partial charge in [-0.1, -0.05) is 0 Å². The number of rotatable bonds is 3. The number of hydrogen-bond acceptors (Lipinski definition) is 7. The second-order valence-corrected chi connectivity index (χ2v) is 8.67. The molecule has 3 N–H and O–H groups in total. The van der Waals surface area contributed by atoms with E-state index in [1.54, 1.807) is 0 Å². The Morgan fingerprint density at radius 1 is 0.870 bits per heavy atom. The van der Waals surface area contributed by atoms with Gasteiger partial charge in [-0.05, 0) is 22.9 Å². The SMILES string of the molecule is Cc1c([N+]#N)c(S(=O)(=O)O)c(S(=O)(=O)O)c(Br)c1S(=O)(=O)O.[Cl-]. The summed E-state index contributed by atoms with van der Waals surface area (Å²) in [7, 11) is -15.9. The zero-order chi connectivity index (χ0) is 17.7. The predicted molar refractivity (Wildman–Crippen MR) is 73.1 cm³/mol. The topological polar surface area (TPSA) is 191 Å². The van der Waals surface area contributed by atoms with Crippen LogP contribution in [0.5, 0.6) is 0 Å². The van der Waals surface area contributed by atoms with Crippen LogP contribution in [0.25, 0.3) is 4.98 Å². The van der Waals surface area contributed by atoms with Crippen molar-refractivity contribution in [1.29, 1.82) is 5.39 Å². The fraction of sp³-hybridized carbons (Fsp3) is 0.143. The fourth-order valence-corrected chi connectivity index (χ4v) is 6.45. The van der Waals surface area contributed by atoms with Crippen LogP contribution in [0.3, 0.4) is 0 Å². The standard InChI is InChI=1S/C7H5BrN2O9S3.ClH/c1-2-4(10-9)7(22(17,18)19)6(21(14,15)16)3(8)5(2)20(11,12)13;/h1H3,(H2-,11,12,13,14,15,16,17,18,19);1H. The van der Waals surface area contributed by atoms with E-state index in [2.05, 4.69) is 20.9 Å². The minimum absolute atomic E-state index is 0. The zero-order valence-corrected chi connectivity index (χ0v) is 15.5. The molecule has 0 aliphatic carbocycles. The van der Waals surface area contributed by atoms with E-state index < -0.39 is 60.8 Å². The molecule has 0 aliphatic rings. The molecule has 0 amide bonds. The molecule has 0 aliphatic heterocycles. The molecule has 0 heterocycles. The van der Waals surface area contributed by atoms with Gasteiger partial charge in [0.2, 0.25) is 10.3 Å². The van der Waals surface area contributed by atoms with Gasteiger partial charge < -0.3 is 12.4 Å². The summed E-state index contributed by atoms with van der Waals surface area (Å²) in [5.41, 5.74) is -1.89. The summed E-state index contributed by atoms with van der Waals surface area (Å²) in [6, 6.07) is 0. The van der Waals surface area contributed by atoms with Crippen molar-refractivity contribution in [3.05, 3.63) is 15.0 Å². The monoisotopic (exact) mass is 472 g/mol. The van der Waals surface area contributed by atoms with Crippen LogP contribution in [0.15, 0.2) is 19.2 Å². The van der Waals surface area contributed by atoms with Crippen molar-refractivity contribution in [1.82, 2.24) is 0 Å². The minimum atomic E-state index is -5.41. The highest BCUT2D eigenvalue weighted by Crippen LogP contribution is 2.43. The van der Waals surface area contributed by atoms with Crippen molar-refractivity contribution in [2.24, 2.45) is 0 Å². The van der Waals surface area contributed by atoms with Crippen molar-refractivity contribution in [2.75, 3.05) is 0 Å². The Bertz CT molecular complexity index is 1020. The van der Waals surface area contributed by atoms with E-state index in [-0.39, 0.29) is 12.4 Å². The van der Waals surface area contributed by atoms with Crippen molar-refractivity contribution in [3.8, 4) is 0 Å². The van der Waals surface area contributed by atoms with Crippen molar-refractivity contribution < 1.29 is 51.3 Å². The molecule has 1 rings (SSSR count). The van der Waals surface area contributed by atoms with E-state index in [1.165, 1.54) is 0 Å². The maximum Gasteiger partial charge on any atom is 0.411 e. The third-order valence-corrected chi connectivity index (χ3v) is 6.70. The summed E-state index contributed by atoms with van der Waals surface area (Å²) in [6.45, 7) is 0.866. The molecule has 0 saturated heterocycles. The average molecular weight is 474 g/mol. The van der Waals surface area contributed by atoms with Gasteiger partial charge in [0.25, 0.3) is 20.2 Å². The molecule has 0 bridgehead atoms. The first-order valence-electron chi connectivity index (χ1n) is 4.77. The molecule has 16 heteroatoms. The lowest BCUT2D eigenvalue weighted by molar-refractivity contribution is -0.0000170. The van der Waals surface area contributed by atoms with Crippen LogP contribution >= 0.6 is 15.9 Å². The highest BCUT2D eigenvalue weighted by molar-refractivity contribution is 9.10. The summed E-state index contributed by atoms with van der Waals surface area (Å²) >= 11 is 2.43. The van der Waals surface area contributed by atoms with Crippen LogP contribution in [-0.2, 0) is 30.4 Å². The first-order chi connectivity index (χ1) is 9.64. The molecule has 0 saturated carbocycles. The molecule has 11 nitrogen and oxygen atoms in total. The quantitative estimate of drug-likeness (QED) is 0.326. The third-order valence-electron chi connectivity index (χ3n) is 2.39. The Balaban J connectivity index is 0.00000484. The number of hydrogen-bond donors (Lipinski definition) is 3. The van der Waals surface area contributed by atoms with Crippen LogP contribution in [0.4, 0.5) is 5.69 Å². The van der Waals surface area contributed by atoms with Gasteiger partial charge in [-0.15, -0.1) is 0 Å². The van der Waals surface area contributed by atoms with E-state index in [0.29, 0.717) is 0 Å². The van der Waals surface area contributed by atoms with E-state index >= 15 is 0 Å². The number of nitrogens with zero attached hydrogens (tertiary/aromatic N) is 2. The summed E-state index contributed by atoms with van der Waals surface area (Å²) in [5.74, 6) is 0. The molecule has 0 spiro atoms. The first kappa shape index (κ1) is 22.1. The molecule has 0 radical (unpaired) electrons. The summed E-state index contributed by atoms with van der Waals surface area (Å²) in [5, 5.41) is 8.82. The van der Waals surface area contributed by atoms with Gasteiger partial charge in [-0.25, -0.2) is 0 Å². The summed E-state index contributed by atoms with van der Waals surface area (Å²) in [4.78, 5) is -1.92. The molecule has 1 aromatic rings. The highest BCUT2D eigenvalue weighted by atomic mass is 79.9. The summed E-state index contributed by atoms with van der Waals surface area (Å²) < 4.78 is 94.1. The molecule has 0 unspecified atom stereocenters. The largest absolute Gasteiger partial charge is 1.00 e. The molecule has 23 heavy (non-hydrogen) atoms. The molecule has 130 valence electrons. The van der Waals surface area contributed by atoms with Gasteiger partial charge in [0.15, 0.2) is 4.98 Å². The fourth-order valence-electron chi connectivity index (χ4n) is 1.65. The summed E-state index contributed by atoms with van der Waals surface area (Å²) in [6.07, 6.45) is 0. The van der Waals surface area contributed by atoms with Crippen LogP contribution in [0.2, 0.25) is 0 Å². The van der Waals surface area contributed by atoms with Crippen molar-refractivity contribution in [3.63, 3.8) is 0 Å². The molecular formula is C7H6BrClN2O9S3. The number of halogens is 2. The second-order valence-electron chi connectivity index (χ2n) is 3.80. The van der Waals surface area contributed by atoms with Crippen LogP contribution in [-0.4, -0.2) is 38.9 Å². The Labute approximate surface area is 145 Å². The zero-order valence-electron chi connectivity index (χ0n) is 10.7. The predicted octanol–water partition coefficient (Wildman–Crippen LogP) is -2.01. The lowest BCUT2D eigenvalue weighted by Crippen LogP contribution is -3.00. The molecular weight excluding hydrogens is 468 g/mol. The lowest BCUT2D eigenvalue weighted by atomic mass is 10.2. The molecule has 0 aromatic heterocycles. The van der Waals surface area contributed by atoms with Gasteiger partial charge in [-0.2, -0.15) is 25.3 Å². The molecule has 0 atom stereocenters. The van der Waals surface area contributed by atoms with Crippen molar-refractivity contribution in [2.45, 2.75) is 21.6 Å². The normalized spacial score (nSPS) is 12.3. The average Bonchev–Trinajstić information content (AvgIpc) is 2.22. The van der Waals surface area contributed by atoms with E-state index in [9.17, 15) is 25.3 Å². The Morgan fingerprint density at radius 2 is 1.22 bits per heavy atom. The van der Waals surface area contributed by atoms with Gasteiger partial charge in [-0.3, -0.25) is 13.7 Å². The van der Waals surface area contributed by atoms with Gasteiger partial charge in [0.05, 0.1) is 10.0 Å². The van der Waals surface area contributed by atoms with Crippen LogP contribution in [0, 0.1) is 12.3 Å². The highest BCUT2D eigenvalue weighted by Gasteiger charge is 2.42. The molecule has 0 fully saturated rings. The van der Waals surface area contributed by atoms with Crippen LogP contribution < -0.4 is 12.4 Å². The van der Waals surface area contributed by atoms with E-state index in [1.807, 2.05) is 0 Å². The Kier molecular flexibility index (Phi) is 6.32. The van der Waals surface area contributed by atoms with E-state index in [4.69, 9.17) is 19.1 Å². The number of diazo groups is 1. The first-order valence-corrected chi connectivity index (χ1v) is 9.89.